The molecular weight excluding hydrogens is 390 g/mol. The van der Waals surface area contributed by atoms with Gasteiger partial charge in [-0.25, -0.2) is 0 Å². The summed E-state index contributed by atoms with van der Waals surface area (Å²) in [6.45, 7) is 7.84. The van der Waals surface area contributed by atoms with Crippen molar-refractivity contribution in [1.29, 1.82) is 0 Å². The number of allylic oxidation sites excluding steroid dienone is 1. The molecule has 158 valence electrons. The molecule has 0 unspecified atom stereocenters. The van der Waals surface area contributed by atoms with Gasteiger partial charge in [0.2, 0.25) is 0 Å². The van der Waals surface area contributed by atoms with Gasteiger partial charge in [-0.1, -0.05) is 79.4 Å². The number of ketones is 1. The summed E-state index contributed by atoms with van der Waals surface area (Å²) in [7, 11) is 0. The molecule has 4 rings (SSSR count). The van der Waals surface area contributed by atoms with Gasteiger partial charge in [0.1, 0.15) is 0 Å². The van der Waals surface area contributed by atoms with Crippen LogP contribution >= 0.6 is 0 Å². The zero-order valence-corrected chi connectivity index (χ0v) is 18.6. The number of anilines is 3. The second-order valence-corrected chi connectivity index (χ2v) is 8.00. The molecule has 0 spiro atoms. The first-order valence-electron chi connectivity index (χ1n) is 10.8. The van der Waals surface area contributed by atoms with Crippen LogP contribution < -0.4 is 4.90 Å². The highest BCUT2D eigenvalue weighted by atomic mass is 16.1. The first-order valence-corrected chi connectivity index (χ1v) is 10.8. The van der Waals surface area contributed by atoms with E-state index < -0.39 is 0 Å². The molecule has 0 saturated carbocycles. The molecule has 0 aliphatic rings. The average Bonchev–Trinajstić information content (AvgIpc) is 2.82. The maximum absolute atomic E-state index is 11.6. The molecule has 4 aromatic carbocycles. The number of hydrogen-bond donors (Lipinski definition) is 0. The monoisotopic (exact) mass is 417 g/mol. The van der Waals surface area contributed by atoms with E-state index in [1.54, 1.807) is 0 Å². The van der Waals surface area contributed by atoms with Gasteiger partial charge in [-0.05, 0) is 72.0 Å². The number of para-hydroxylation sites is 2. The minimum absolute atomic E-state index is 0.0367. The second kappa shape index (κ2) is 9.49. The summed E-state index contributed by atoms with van der Waals surface area (Å²) in [6, 6.07) is 33.8. The van der Waals surface area contributed by atoms with E-state index in [0.29, 0.717) is 6.42 Å². The van der Waals surface area contributed by atoms with Crippen LogP contribution in [0.5, 0.6) is 0 Å². The number of rotatable bonds is 7. The fourth-order valence-corrected chi connectivity index (χ4v) is 3.93. The van der Waals surface area contributed by atoms with E-state index in [4.69, 9.17) is 0 Å². The fourth-order valence-electron chi connectivity index (χ4n) is 3.93. The smallest absolute Gasteiger partial charge is 0.159 e. The summed E-state index contributed by atoms with van der Waals surface area (Å²) in [4.78, 5) is 13.9. The van der Waals surface area contributed by atoms with Gasteiger partial charge in [-0.3, -0.25) is 4.79 Å². The maximum atomic E-state index is 11.6. The Labute approximate surface area is 190 Å². The van der Waals surface area contributed by atoms with E-state index >= 15 is 0 Å². The lowest BCUT2D eigenvalue weighted by Gasteiger charge is -2.28. The molecule has 0 atom stereocenters. The topological polar surface area (TPSA) is 20.3 Å². The molecule has 0 radical (unpaired) electrons. The van der Waals surface area contributed by atoms with Crippen LogP contribution in [0.25, 0.3) is 11.1 Å². The summed E-state index contributed by atoms with van der Waals surface area (Å²) in [5.41, 5.74) is 9.19. The number of carbonyl (C=O) groups is 1. The standard InChI is InChI=1S/C30H27NO/c1-4-28(32)21-24-13-15-25(16-14-24)26-17-19-27(20-18-26)31(29-11-7-5-9-22(29)2)30-12-8-6-10-23(30)3/h4-20H,1,21H2,2-3H3. The largest absolute Gasteiger partial charge is 0.310 e. The Morgan fingerprint density at radius 3 is 1.66 bits per heavy atom. The van der Waals surface area contributed by atoms with E-state index in [2.05, 4.69) is 110 Å². The van der Waals surface area contributed by atoms with Crippen LogP contribution in [0.1, 0.15) is 16.7 Å². The van der Waals surface area contributed by atoms with Crippen molar-refractivity contribution >= 4 is 22.8 Å². The van der Waals surface area contributed by atoms with Crippen molar-refractivity contribution < 1.29 is 4.79 Å². The van der Waals surface area contributed by atoms with Crippen LogP contribution in [0.2, 0.25) is 0 Å². The Hall–Kier alpha value is -3.91. The van der Waals surface area contributed by atoms with Gasteiger partial charge >= 0.3 is 0 Å². The molecule has 0 aliphatic carbocycles. The Bertz CT molecular complexity index is 1190. The highest BCUT2D eigenvalue weighted by Gasteiger charge is 2.16. The highest BCUT2D eigenvalue weighted by molar-refractivity contribution is 5.91. The number of benzene rings is 4. The minimum atomic E-state index is 0.0367. The van der Waals surface area contributed by atoms with Gasteiger partial charge in [-0.15, -0.1) is 0 Å². The SMILES string of the molecule is C=CC(=O)Cc1ccc(-c2ccc(N(c3ccccc3C)c3ccccc3C)cc2)cc1. The number of nitrogens with zero attached hydrogens (tertiary/aromatic N) is 1. The fraction of sp³-hybridized carbons (Fsp3) is 0.100. The molecule has 0 bridgehead atoms. The third kappa shape index (κ3) is 4.55. The molecule has 0 saturated heterocycles. The van der Waals surface area contributed by atoms with Crippen molar-refractivity contribution in [2.75, 3.05) is 4.90 Å². The third-order valence-corrected chi connectivity index (χ3v) is 5.73. The van der Waals surface area contributed by atoms with Crippen molar-refractivity contribution in [3.05, 3.63) is 126 Å². The summed E-state index contributed by atoms with van der Waals surface area (Å²) < 4.78 is 0. The number of aryl methyl sites for hydroxylation is 2. The van der Waals surface area contributed by atoms with Gasteiger partial charge in [-0.2, -0.15) is 0 Å². The first-order chi connectivity index (χ1) is 15.6. The molecule has 0 N–H and O–H groups in total. The van der Waals surface area contributed by atoms with Crippen LogP contribution in [0.3, 0.4) is 0 Å². The normalized spacial score (nSPS) is 10.6. The van der Waals surface area contributed by atoms with Crippen LogP contribution in [0.15, 0.2) is 110 Å². The Balaban J connectivity index is 1.69. The molecule has 32 heavy (non-hydrogen) atoms. The van der Waals surface area contributed by atoms with E-state index in [-0.39, 0.29) is 5.78 Å². The Morgan fingerprint density at radius 2 is 1.19 bits per heavy atom. The number of carbonyl (C=O) groups excluding carboxylic acids is 1. The summed E-state index contributed by atoms with van der Waals surface area (Å²) in [5.74, 6) is 0.0367. The predicted octanol–water partition coefficient (Wildman–Crippen LogP) is 7.74. The van der Waals surface area contributed by atoms with Gasteiger partial charge in [0.25, 0.3) is 0 Å². The summed E-state index contributed by atoms with van der Waals surface area (Å²) in [5, 5.41) is 0. The minimum Gasteiger partial charge on any atom is -0.310 e. The lowest BCUT2D eigenvalue weighted by molar-refractivity contribution is -0.114. The van der Waals surface area contributed by atoms with Crippen LogP contribution in [-0.4, -0.2) is 5.78 Å². The van der Waals surface area contributed by atoms with Crippen LogP contribution in [0, 0.1) is 13.8 Å². The zero-order valence-electron chi connectivity index (χ0n) is 18.6. The second-order valence-electron chi connectivity index (χ2n) is 8.00. The maximum Gasteiger partial charge on any atom is 0.159 e. The van der Waals surface area contributed by atoms with Gasteiger partial charge in [0.05, 0.1) is 0 Å². The van der Waals surface area contributed by atoms with Crippen molar-refractivity contribution in [2.45, 2.75) is 20.3 Å². The third-order valence-electron chi connectivity index (χ3n) is 5.73. The van der Waals surface area contributed by atoms with E-state index in [1.807, 2.05) is 12.1 Å². The molecule has 0 fully saturated rings. The van der Waals surface area contributed by atoms with E-state index in [0.717, 1.165) is 22.4 Å². The van der Waals surface area contributed by atoms with Crippen molar-refractivity contribution in [3.8, 4) is 11.1 Å². The molecule has 4 aromatic rings. The van der Waals surface area contributed by atoms with E-state index in [1.165, 1.54) is 28.6 Å². The van der Waals surface area contributed by atoms with Crippen molar-refractivity contribution in [2.24, 2.45) is 0 Å². The van der Waals surface area contributed by atoms with Crippen molar-refractivity contribution in [3.63, 3.8) is 0 Å². The van der Waals surface area contributed by atoms with Gasteiger partial charge < -0.3 is 4.90 Å². The van der Waals surface area contributed by atoms with Crippen LogP contribution in [-0.2, 0) is 11.2 Å². The molecule has 2 nitrogen and oxygen atoms in total. The summed E-state index contributed by atoms with van der Waals surface area (Å²) in [6.07, 6.45) is 1.77. The lowest BCUT2D eigenvalue weighted by atomic mass is 10.0. The molecule has 0 aliphatic heterocycles. The predicted molar refractivity (Wildman–Crippen MR) is 135 cm³/mol. The molecule has 0 aromatic heterocycles. The Morgan fingerprint density at radius 1 is 0.719 bits per heavy atom. The first kappa shape index (κ1) is 21.3. The highest BCUT2D eigenvalue weighted by Crippen LogP contribution is 2.38. The molecule has 2 heteroatoms. The van der Waals surface area contributed by atoms with Crippen LogP contribution in [0.4, 0.5) is 17.1 Å². The Kier molecular flexibility index (Phi) is 6.32. The number of hydrogen-bond acceptors (Lipinski definition) is 2. The molecule has 0 amide bonds. The summed E-state index contributed by atoms with van der Waals surface area (Å²) >= 11 is 0. The quantitative estimate of drug-likeness (QED) is 0.287. The molecule has 0 heterocycles. The average molecular weight is 418 g/mol. The lowest BCUT2D eigenvalue weighted by Crippen LogP contribution is -2.12. The van der Waals surface area contributed by atoms with Gasteiger partial charge in [0.15, 0.2) is 5.78 Å². The zero-order chi connectivity index (χ0) is 22.5. The van der Waals surface area contributed by atoms with Crippen molar-refractivity contribution in [1.82, 2.24) is 0 Å². The van der Waals surface area contributed by atoms with E-state index in [9.17, 15) is 4.79 Å². The molecular formula is C30H27NO. The van der Waals surface area contributed by atoms with Gasteiger partial charge in [0, 0.05) is 23.5 Å².